The normalized spacial score (nSPS) is 11.9. The molecule has 7 heteroatoms. The lowest BCUT2D eigenvalue weighted by Gasteiger charge is -2.12. The number of thiophene rings is 1. The Bertz CT molecular complexity index is 802. The number of nitrogens with one attached hydrogen (secondary N) is 1. The van der Waals surface area contributed by atoms with Crippen LogP contribution in [0, 0.1) is 20.8 Å². The second-order valence-corrected chi connectivity index (χ2v) is 6.38. The molecule has 0 radical (unpaired) electrons. The van der Waals surface area contributed by atoms with Gasteiger partial charge in [0.05, 0.1) is 18.4 Å². The van der Waals surface area contributed by atoms with Crippen LogP contribution in [0.4, 0.5) is 0 Å². The maximum Gasteiger partial charge on any atom is 0.349 e. The topological polar surface area (TPSA) is 85.5 Å². The van der Waals surface area contributed by atoms with E-state index in [4.69, 9.17) is 9.47 Å². The Morgan fingerprint density at radius 2 is 1.83 bits per heavy atom. The van der Waals surface area contributed by atoms with Gasteiger partial charge in [0.15, 0.2) is 6.10 Å². The van der Waals surface area contributed by atoms with E-state index in [1.807, 2.05) is 6.07 Å². The molecule has 6 nitrogen and oxygen atoms in total. The number of H-pyrrole nitrogens is 1. The molecule has 0 fully saturated rings. The third-order valence-electron chi connectivity index (χ3n) is 3.77. The summed E-state index contributed by atoms with van der Waals surface area (Å²) in [5.41, 5.74) is 2.41. The summed E-state index contributed by atoms with van der Waals surface area (Å²) in [6.45, 7) is 6.65. The van der Waals surface area contributed by atoms with E-state index in [2.05, 4.69) is 4.98 Å². The van der Waals surface area contributed by atoms with Crippen molar-refractivity contribution in [3.63, 3.8) is 0 Å². The molecule has 128 valence electrons. The number of methoxy groups -OCH3 is 1. The molecule has 2 aromatic rings. The number of hydrogen-bond acceptors (Lipinski definition) is 6. The summed E-state index contributed by atoms with van der Waals surface area (Å²) in [5.74, 6) is -1.44. The molecule has 0 aliphatic rings. The number of carbonyl (C=O) groups excluding carboxylic acids is 3. The first kappa shape index (κ1) is 17.9. The van der Waals surface area contributed by atoms with Crippen molar-refractivity contribution in [2.45, 2.75) is 33.8 Å². The van der Waals surface area contributed by atoms with Crippen molar-refractivity contribution in [1.29, 1.82) is 0 Å². The maximum atomic E-state index is 12.6. The molecule has 0 amide bonds. The number of hydrogen-bond donors (Lipinski definition) is 1. The van der Waals surface area contributed by atoms with Crippen LogP contribution in [0.2, 0.25) is 0 Å². The number of ketones is 1. The minimum atomic E-state index is -0.971. The van der Waals surface area contributed by atoms with Gasteiger partial charge in [-0.3, -0.25) is 4.79 Å². The molecule has 0 aromatic carbocycles. The molecule has 0 unspecified atom stereocenters. The Kier molecular flexibility index (Phi) is 5.23. The van der Waals surface area contributed by atoms with E-state index < -0.39 is 23.8 Å². The van der Waals surface area contributed by atoms with E-state index in [9.17, 15) is 14.4 Å². The van der Waals surface area contributed by atoms with E-state index in [1.54, 1.807) is 26.2 Å². The van der Waals surface area contributed by atoms with Crippen molar-refractivity contribution in [3.05, 3.63) is 44.4 Å². The average Bonchev–Trinajstić information content (AvgIpc) is 3.09. The van der Waals surface area contributed by atoms with Gasteiger partial charge >= 0.3 is 11.9 Å². The second kappa shape index (κ2) is 7.00. The Labute approximate surface area is 143 Å². The molecule has 0 saturated heterocycles. The van der Waals surface area contributed by atoms with Gasteiger partial charge in [-0.2, -0.15) is 0 Å². The van der Waals surface area contributed by atoms with Gasteiger partial charge in [-0.1, -0.05) is 0 Å². The standard InChI is InChI=1S/C17H19NO5S/c1-8-6-7-24-15(8)17(21)23-11(4)14(19)13-9(2)12(10(3)18-13)16(20)22-5/h6-7,11,18H,1-5H3/t11-/m1/s1. The molecule has 0 aliphatic carbocycles. The number of aryl methyl sites for hydroxylation is 2. The van der Waals surface area contributed by atoms with Crippen LogP contribution in [-0.4, -0.2) is 35.9 Å². The van der Waals surface area contributed by atoms with Gasteiger partial charge in [-0.05, 0) is 50.3 Å². The summed E-state index contributed by atoms with van der Waals surface area (Å²) in [6, 6.07) is 1.81. The number of Topliss-reactive ketones (excluding diaryl/α,β-unsaturated/α-hetero) is 1. The van der Waals surface area contributed by atoms with E-state index in [-0.39, 0.29) is 5.69 Å². The van der Waals surface area contributed by atoms with Gasteiger partial charge in [0.25, 0.3) is 0 Å². The van der Waals surface area contributed by atoms with Crippen molar-refractivity contribution >= 4 is 29.1 Å². The molecule has 0 aliphatic heterocycles. The van der Waals surface area contributed by atoms with Gasteiger partial charge in [0, 0.05) is 5.69 Å². The number of rotatable bonds is 5. The number of ether oxygens (including phenoxy) is 2. The summed E-state index contributed by atoms with van der Waals surface area (Å²) in [7, 11) is 1.28. The summed E-state index contributed by atoms with van der Waals surface area (Å²) in [4.78, 5) is 39.9. The van der Waals surface area contributed by atoms with E-state index in [0.717, 1.165) is 5.56 Å². The number of esters is 2. The fraction of sp³-hybridized carbons (Fsp3) is 0.353. The van der Waals surface area contributed by atoms with Gasteiger partial charge in [-0.15, -0.1) is 11.3 Å². The highest BCUT2D eigenvalue weighted by Crippen LogP contribution is 2.22. The molecule has 1 N–H and O–H groups in total. The molecule has 2 heterocycles. The van der Waals surface area contributed by atoms with Crippen molar-refractivity contribution in [3.8, 4) is 0 Å². The second-order valence-electron chi connectivity index (χ2n) is 5.46. The number of carbonyl (C=O) groups is 3. The van der Waals surface area contributed by atoms with Gasteiger partial charge in [0.1, 0.15) is 4.88 Å². The molecule has 2 rings (SSSR count). The third-order valence-corrected chi connectivity index (χ3v) is 4.77. The van der Waals surface area contributed by atoms with E-state index >= 15 is 0 Å². The van der Waals surface area contributed by atoms with Crippen molar-refractivity contribution in [2.75, 3.05) is 7.11 Å². The predicted octanol–water partition coefficient (Wildman–Crippen LogP) is 3.22. The minimum Gasteiger partial charge on any atom is -0.465 e. The van der Waals surface area contributed by atoms with Gasteiger partial charge < -0.3 is 14.5 Å². The zero-order valence-electron chi connectivity index (χ0n) is 14.2. The third kappa shape index (κ3) is 3.26. The van der Waals surface area contributed by atoms with Gasteiger partial charge in [0.2, 0.25) is 5.78 Å². The lowest BCUT2D eigenvalue weighted by Crippen LogP contribution is -2.25. The monoisotopic (exact) mass is 349 g/mol. The first-order chi connectivity index (χ1) is 11.3. The lowest BCUT2D eigenvalue weighted by molar-refractivity contribution is 0.0321. The van der Waals surface area contributed by atoms with Crippen LogP contribution in [0.1, 0.15) is 54.3 Å². The van der Waals surface area contributed by atoms with Crippen LogP contribution < -0.4 is 0 Å². The van der Waals surface area contributed by atoms with Crippen molar-refractivity contribution < 1.29 is 23.9 Å². The Morgan fingerprint density at radius 1 is 1.17 bits per heavy atom. The van der Waals surface area contributed by atoms with Crippen LogP contribution in [0.25, 0.3) is 0 Å². The largest absolute Gasteiger partial charge is 0.465 e. The smallest absolute Gasteiger partial charge is 0.349 e. The minimum absolute atomic E-state index is 0.246. The van der Waals surface area contributed by atoms with E-state index in [0.29, 0.717) is 21.7 Å². The number of aromatic amines is 1. The summed E-state index contributed by atoms with van der Waals surface area (Å²) >= 11 is 1.27. The summed E-state index contributed by atoms with van der Waals surface area (Å²) in [5, 5.41) is 1.79. The molecule has 0 saturated carbocycles. The summed E-state index contributed by atoms with van der Waals surface area (Å²) in [6.07, 6.45) is -0.971. The van der Waals surface area contributed by atoms with Crippen LogP contribution in [0.15, 0.2) is 11.4 Å². The molecular formula is C17H19NO5S. The SMILES string of the molecule is COC(=O)c1c(C)[nH]c(C(=O)[C@@H](C)OC(=O)c2sccc2C)c1C. The van der Waals surface area contributed by atoms with E-state index in [1.165, 1.54) is 25.4 Å². The maximum absolute atomic E-state index is 12.6. The van der Waals surface area contributed by atoms with Crippen LogP contribution in [0.5, 0.6) is 0 Å². The first-order valence-electron chi connectivity index (χ1n) is 7.34. The summed E-state index contributed by atoms with van der Waals surface area (Å²) < 4.78 is 9.99. The van der Waals surface area contributed by atoms with Crippen LogP contribution in [-0.2, 0) is 9.47 Å². The molecule has 2 aromatic heterocycles. The zero-order valence-corrected chi connectivity index (χ0v) is 15.0. The Hall–Kier alpha value is -2.41. The quantitative estimate of drug-likeness (QED) is 0.662. The first-order valence-corrected chi connectivity index (χ1v) is 8.22. The average molecular weight is 349 g/mol. The number of aromatic nitrogens is 1. The van der Waals surface area contributed by atoms with Crippen molar-refractivity contribution in [1.82, 2.24) is 4.98 Å². The molecule has 24 heavy (non-hydrogen) atoms. The highest BCUT2D eigenvalue weighted by atomic mass is 32.1. The molecular weight excluding hydrogens is 330 g/mol. The van der Waals surface area contributed by atoms with Crippen LogP contribution in [0.3, 0.4) is 0 Å². The highest BCUT2D eigenvalue weighted by Gasteiger charge is 2.28. The van der Waals surface area contributed by atoms with Crippen LogP contribution >= 0.6 is 11.3 Å². The predicted molar refractivity (Wildman–Crippen MR) is 89.9 cm³/mol. The Morgan fingerprint density at radius 3 is 2.38 bits per heavy atom. The molecule has 0 spiro atoms. The van der Waals surface area contributed by atoms with Crippen molar-refractivity contribution in [2.24, 2.45) is 0 Å². The highest BCUT2D eigenvalue weighted by molar-refractivity contribution is 7.12. The molecule has 1 atom stereocenters. The Balaban J connectivity index is 2.21. The molecule has 0 bridgehead atoms. The fourth-order valence-electron chi connectivity index (χ4n) is 2.46. The fourth-order valence-corrected chi connectivity index (χ4v) is 3.26. The van der Waals surface area contributed by atoms with Gasteiger partial charge in [-0.25, -0.2) is 9.59 Å². The zero-order chi connectivity index (χ0) is 18.0. The lowest BCUT2D eigenvalue weighted by atomic mass is 10.1.